The Morgan fingerprint density at radius 1 is 1.19 bits per heavy atom. The zero-order valence-electron chi connectivity index (χ0n) is 15.7. The van der Waals surface area contributed by atoms with Crippen LogP contribution in [-0.2, 0) is 6.42 Å². The predicted molar refractivity (Wildman–Crippen MR) is 105 cm³/mol. The first-order valence-corrected chi connectivity index (χ1v) is 9.98. The Kier molecular flexibility index (Phi) is 3.70. The molecule has 1 saturated carbocycles. The molecule has 2 aromatic rings. The fourth-order valence-corrected chi connectivity index (χ4v) is 6.22. The van der Waals surface area contributed by atoms with Crippen LogP contribution in [-0.4, -0.2) is 12.1 Å². The molecule has 134 valence electrons. The van der Waals surface area contributed by atoms with E-state index in [1.165, 1.54) is 43.2 Å². The number of allylic oxidation sites excluding steroid dienone is 2. The SMILES string of the molecule is COc1ccc2c(c1)CC[C@@H]1[C@@H]2CC[C@]2(C)C(c3cccnc3)=CC[C@@H]12. The molecular formula is C24H27NO. The Balaban J connectivity index is 1.47. The third-order valence-electron chi connectivity index (χ3n) is 7.49. The number of methoxy groups -OCH3 is 1. The van der Waals surface area contributed by atoms with Gasteiger partial charge in [0.1, 0.15) is 5.75 Å². The highest BCUT2D eigenvalue weighted by Crippen LogP contribution is 2.63. The van der Waals surface area contributed by atoms with Crippen molar-refractivity contribution < 1.29 is 4.74 Å². The lowest BCUT2D eigenvalue weighted by Gasteiger charge is -2.50. The lowest BCUT2D eigenvalue weighted by Crippen LogP contribution is -2.40. The smallest absolute Gasteiger partial charge is 0.119 e. The third kappa shape index (κ3) is 2.27. The molecular weight excluding hydrogens is 318 g/mol. The van der Waals surface area contributed by atoms with Crippen LogP contribution in [0, 0.1) is 17.3 Å². The summed E-state index contributed by atoms with van der Waals surface area (Å²) >= 11 is 0. The summed E-state index contributed by atoms with van der Waals surface area (Å²) in [5.41, 5.74) is 6.31. The summed E-state index contributed by atoms with van der Waals surface area (Å²) in [7, 11) is 1.77. The summed E-state index contributed by atoms with van der Waals surface area (Å²) in [5, 5.41) is 0. The van der Waals surface area contributed by atoms with E-state index < -0.39 is 0 Å². The zero-order chi connectivity index (χ0) is 17.7. The average Bonchev–Trinajstić information content (AvgIpc) is 3.05. The Labute approximate surface area is 156 Å². The van der Waals surface area contributed by atoms with Crippen LogP contribution in [0.5, 0.6) is 5.75 Å². The van der Waals surface area contributed by atoms with Crippen LogP contribution in [0.2, 0.25) is 0 Å². The van der Waals surface area contributed by atoms with E-state index in [9.17, 15) is 0 Å². The molecule has 1 aromatic heterocycles. The number of nitrogens with zero attached hydrogens (tertiary/aromatic N) is 1. The van der Waals surface area contributed by atoms with Crippen LogP contribution in [0.4, 0.5) is 0 Å². The summed E-state index contributed by atoms with van der Waals surface area (Å²) in [6, 6.07) is 11.1. The molecule has 0 N–H and O–H groups in total. The molecule has 0 unspecified atom stereocenters. The van der Waals surface area contributed by atoms with Crippen LogP contribution >= 0.6 is 0 Å². The Bertz CT molecular complexity index is 856. The predicted octanol–water partition coefficient (Wildman–Crippen LogP) is 5.64. The van der Waals surface area contributed by atoms with Gasteiger partial charge in [-0.25, -0.2) is 0 Å². The highest BCUT2D eigenvalue weighted by atomic mass is 16.5. The maximum absolute atomic E-state index is 5.45. The molecule has 0 saturated heterocycles. The monoisotopic (exact) mass is 345 g/mol. The van der Waals surface area contributed by atoms with E-state index in [0.29, 0.717) is 5.41 Å². The van der Waals surface area contributed by atoms with E-state index in [4.69, 9.17) is 4.74 Å². The summed E-state index contributed by atoms with van der Waals surface area (Å²) in [6.45, 7) is 2.52. The minimum absolute atomic E-state index is 0.314. The lowest BCUT2D eigenvalue weighted by molar-refractivity contribution is 0.0885. The number of hydrogen-bond donors (Lipinski definition) is 0. The van der Waals surface area contributed by atoms with Gasteiger partial charge in [-0.15, -0.1) is 0 Å². The summed E-state index contributed by atoms with van der Waals surface area (Å²) in [6.07, 6.45) is 12.8. The molecule has 1 aromatic carbocycles. The number of fused-ring (bicyclic) bond motifs is 5. The van der Waals surface area contributed by atoms with Crippen molar-refractivity contribution in [2.45, 2.75) is 44.9 Å². The number of benzene rings is 1. The van der Waals surface area contributed by atoms with Crippen LogP contribution in [0.3, 0.4) is 0 Å². The van der Waals surface area contributed by atoms with Crippen molar-refractivity contribution in [1.29, 1.82) is 0 Å². The highest BCUT2D eigenvalue weighted by Gasteiger charge is 2.51. The minimum Gasteiger partial charge on any atom is -0.497 e. The molecule has 5 rings (SSSR count). The van der Waals surface area contributed by atoms with Crippen LogP contribution in [0.15, 0.2) is 48.8 Å². The first-order valence-electron chi connectivity index (χ1n) is 9.98. The van der Waals surface area contributed by atoms with Crippen molar-refractivity contribution >= 4 is 5.57 Å². The second kappa shape index (κ2) is 5.97. The van der Waals surface area contributed by atoms with Gasteiger partial charge in [-0.3, -0.25) is 4.98 Å². The normalized spacial score (nSPS) is 32.2. The van der Waals surface area contributed by atoms with Gasteiger partial charge in [0.15, 0.2) is 0 Å². The molecule has 4 atom stereocenters. The Hall–Kier alpha value is -2.09. The quantitative estimate of drug-likeness (QED) is 0.703. The van der Waals surface area contributed by atoms with Gasteiger partial charge in [-0.2, -0.15) is 0 Å². The fraction of sp³-hybridized carbons (Fsp3) is 0.458. The Morgan fingerprint density at radius 3 is 2.92 bits per heavy atom. The largest absolute Gasteiger partial charge is 0.497 e. The topological polar surface area (TPSA) is 22.1 Å². The molecule has 0 aliphatic heterocycles. The van der Waals surface area contributed by atoms with Crippen molar-refractivity contribution in [1.82, 2.24) is 4.98 Å². The van der Waals surface area contributed by atoms with Gasteiger partial charge in [0.2, 0.25) is 0 Å². The minimum atomic E-state index is 0.314. The molecule has 26 heavy (non-hydrogen) atoms. The molecule has 3 aliphatic carbocycles. The average molecular weight is 345 g/mol. The lowest BCUT2D eigenvalue weighted by atomic mass is 9.54. The van der Waals surface area contributed by atoms with Gasteiger partial charge < -0.3 is 4.74 Å². The summed E-state index contributed by atoms with van der Waals surface area (Å²) < 4.78 is 5.45. The van der Waals surface area contributed by atoms with Gasteiger partial charge in [0, 0.05) is 12.4 Å². The highest BCUT2D eigenvalue weighted by molar-refractivity contribution is 5.72. The molecule has 0 amide bonds. The van der Waals surface area contributed by atoms with Crippen molar-refractivity contribution in [2.24, 2.45) is 17.3 Å². The number of rotatable bonds is 2. The number of aryl methyl sites for hydroxylation is 1. The molecule has 3 aliphatic rings. The second-order valence-corrected chi connectivity index (χ2v) is 8.53. The second-order valence-electron chi connectivity index (χ2n) is 8.53. The maximum Gasteiger partial charge on any atom is 0.119 e. The molecule has 0 spiro atoms. The number of aromatic nitrogens is 1. The molecule has 0 bridgehead atoms. The van der Waals surface area contributed by atoms with E-state index >= 15 is 0 Å². The maximum atomic E-state index is 5.45. The van der Waals surface area contributed by atoms with Crippen LogP contribution in [0.25, 0.3) is 5.57 Å². The Morgan fingerprint density at radius 2 is 2.12 bits per heavy atom. The van der Waals surface area contributed by atoms with Crippen molar-refractivity contribution in [2.75, 3.05) is 7.11 Å². The van der Waals surface area contributed by atoms with E-state index in [1.807, 2.05) is 12.4 Å². The van der Waals surface area contributed by atoms with E-state index in [2.05, 4.69) is 48.3 Å². The van der Waals surface area contributed by atoms with Crippen LogP contribution in [0.1, 0.15) is 55.2 Å². The summed E-state index contributed by atoms with van der Waals surface area (Å²) in [5.74, 6) is 3.31. The third-order valence-corrected chi connectivity index (χ3v) is 7.49. The molecule has 2 nitrogen and oxygen atoms in total. The van der Waals surface area contributed by atoms with Crippen molar-refractivity contribution in [3.63, 3.8) is 0 Å². The standard InChI is InChI=1S/C24H27NO/c1-24-12-11-20-19-8-6-18(26-2)14-16(19)5-7-21(20)23(24)10-9-22(24)17-4-3-13-25-15-17/h3-4,6,8-9,13-15,20-21,23H,5,7,10-12H2,1-2H3/t20-,21-,23+,24-/m1/s1. The van der Waals surface area contributed by atoms with Crippen molar-refractivity contribution in [3.8, 4) is 5.75 Å². The van der Waals surface area contributed by atoms with Gasteiger partial charge in [-0.1, -0.05) is 25.1 Å². The first-order chi connectivity index (χ1) is 12.7. The van der Waals surface area contributed by atoms with E-state index in [1.54, 1.807) is 18.2 Å². The molecule has 1 fully saturated rings. The zero-order valence-corrected chi connectivity index (χ0v) is 15.7. The van der Waals surface area contributed by atoms with Crippen LogP contribution < -0.4 is 4.74 Å². The van der Waals surface area contributed by atoms with Crippen molar-refractivity contribution in [3.05, 3.63) is 65.5 Å². The summed E-state index contributed by atoms with van der Waals surface area (Å²) in [4.78, 5) is 4.37. The first kappa shape index (κ1) is 16.1. The van der Waals surface area contributed by atoms with Gasteiger partial charge in [-0.05, 0) is 95.7 Å². The molecule has 0 radical (unpaired) electrons. The van der Waals surface area contributed by atoms with E-state index in [-0.39, 0.29) is 0 Å². The number of ether oxygens (including phenoxy) is 1. The molecule has 2 heteroatoms. The fourth-order valence-electron chi connectivity index (χ4n) is 6.22. The van der Waals surface area contributed by atoms with Gasteiger partial charge >= 0.3 is 0 Å². The van der Waals surface area contributed by atoms with Gasteiger partial charge in [0.25, 0.3) is 0 Å². The van der Waals surface area contributed by atoms with E-state index in [0.717, 1.165) is 23.5 Å². The van der Waals surface area contributed by atoms with Gasteiger partial charge in [0.05, 0.1) is 7.11 Å². The molecule has 1 heterocycles. The number of pyridine rings is 1. The number of hydrogen-bond acceptors (Lipinski definition) is 2.